The van der Waals surface area contributed by atoms with Gasteiger partial charge < -0.3 is 0 Å². The summed E-state index contributed by atoms with van der Waals surface area (Å²) in [6.45, 7) is 3.79. The van der Waals surface area contributed by atoms with Crippen molar-refractivity contribution in [3.63, 3.8) is 0 Å². The summed E-state index contributed by atoms with van der Waals surface area (Å²) in [7, 11) is -3.76. The van der Waals surface area contributed by atoms with Crippen molar-refractivity contribution in [3.05, 3.63) is 64.0 Å². The summed E-state index contributed by atoms with van der Waals surface area (Å²) in [5.41, 5.74) is 3.58. The number of Topliss-reactive ketones (excluding diaryl/α,β-unsaturated/α-hetero) is 1. The number of carbonyl (C=O) groups is 1. The molecule has 0 unspecified atom stereocenters. The summed E-state index contributed by atoms with van der Waals surface area (Å²) < 4.78 is 23.0. The van der Waals surface area contributed by atoms with Gasteiger partial charge in [0.1, 0.15) is 0 Å². The van der Waals surface area contributed by atoms with Crippen molar-refractivity contribution >= 4 is 59.9 Å². The maximum absolute atomic E-state index is 12.6. The summed E-state index contributed by atoms with van der Waals surface area (Å²) in [6.07, 6.45) is 0.391. The average molecular weight is 569 g/mol. The third kappa shape index (κ3) is 5.94. The van der Waals surface area contributed by atoms with Crippen LogP contribution < -0.4 is 5.14 Å². The standard InChI is InChI=1S/C20H18ClNO3S2.2CH3.Sn/c1-3-17(23)20-18(13-6-10-16(11-7-13)27(22,24)25)12(2)19(26-20)14-4-8-15(21)9-5-14;;;/h4-11H,3H2,1-2H3,(H2,22,24,25);2*1H3;. The molecule has 1 heterocycles. The molecule has 158 valence electrons. The zero-order valence-electron chi connectivity index (χ0n) is 17.3. The minimum atomic E-state index is -3.76. The van der Waals surface area contributed by atoms with Crippen LogP contribution >= 0.6 is 22.9 Å². The number of ketones is 1. The molecule has 0 aliphatic heterocycles. The van der Waals surface area contributed by atoms with Gasteiger partial charge in [0.05, 0.1) is 9.77 Å². The topological polar surface area (TPSA) is 77.2 Å². The van der Waals surface area contributed by atoms with E-state index in [-0.39, 0.29) is 31.8 Å². The van der Waals surface area contributed by atoms with Gasteiger partial charge in [0.25, 0.3) is 0 Å². The van der Waals surface area contributed by atoms with Crippen LogP contribution in [0.5, 0.6) is 0 Å². The summed E-state index contributed by atoms with van der Waals surface area (Å²) >= 11 is 7.66. The quantitative estimate of drug-likeness (QED) is 0.300. The van der Waals surface area contributed by atoms with Crippen LogP contribution in [0.2, 0.25) is 14.9 Å². The first-order valence-electron chi connectivity index (χ1n) is 9.28. The van der Waals surface area contributed by atoms with E-state index < -0.39 is 10.0 Å². The molecule has 4 nitrogen and oxygen atoms in total. The molecule has 2 N–H and O–H groups in total. The Morgan fingerprint density at radius 2 is 1.53 bits per heavy atom. The Hall–Kier alpha value is -1.19. The molecule has 2 radical (unpaired) electrons. The SMILES string of the molecule is CCC(=O)c1sc(-c2ccc(Cl)cc2)c(C)c1-c1ccc(S(N)(=O)=O)cc1.[CH3][Sn][CH3]. The van der Waals surface area contributed by atoms with E-state index in [1.807, 2.05) is 38.1 Å². The predicted octanol–water partition coefficient (Wildman–Crippen LogP) is 6.07. The Morgan fingerprint density at radius 3 is 2.00 bits per heavy atom. The van der Waals surface area contributed by atoms with E-state index in [9.17, 15) is 13.2 Å². The van der Waals surface area contributed by atoms with Crippen LogP contribution in [0, 0.1) is 6.92 Å². The Labute approximate surface area is 197 Å². The van der Waals surface area contributed by atoms with Crippen LogP contribution in [0.25, 0.3) is 21.6 Å². The molecular formula is C22H24ClNO3S2Sn. The molecule has 30 heavy (non-hydrogen) atoms. The van der Waals surface area contributed by atoms with Gasteiger partial charge in [-0.05, 0) is 47.9 Å². The molecule has 1 aromatic heterocycles. The molecule has 0 bridgehead atoms. The molecule has 3 aromatic rings. The normalized spacial score (nSPS) is 11.0. The van der Waals surface area contributed by atoms with Gasteiger partial charge in [-0.1, -0.05) is 42.8 Å². The van der Waals surface area contributed by atoms with Gasteiger partial charge >= 0.3 is 31.0 Å². The molecule has 8 heteroatoms. The van der Waals surface area contributed by atoms with Crippen LogP contribution in [0.1, 0.15) is 28.6 Å². The van der Waals surface area contributed by atoms with Gasteiger partial charge in [0, 0.05) is 21.9 Å². The number of carbonyl (C=O) groups excluding carboxylic acids is 1. The van der Waals surface area contributed by atoms with Crippen LogP contribution in [-0.4, -0.2) is 35.3 Å². The molecule has 0 saturated carbocycles. The number of thiophene rings is 1. The molecule has 0 aliphatic rings. The number of hydrogen-bond acceptors (Lipinski definition) is 4. The summed E-state index contributed by atoms with van der Waals surface area (Å²) in [5.74, 6) is 0.0498. The number of nitrogens with two attached hydrogens (primary N) is 1. The van der Waals surface area contributed by atoms with E-state index in [4.69, 9.17) is 16.7 Å². The van der Waals surface area contributed by atoms with E-state index >= 15 is 0 Å². The second kappa shape index (κ2) is 10.9. The zero-order chi connectivity index (χ0) is 22.5. The van der Waals surface area contributed by atoms with Crippen molar-refractivity contribution in [2.24, 2.45) is 5.14 Å². The first-order chi connectivity index (χ1) is 14.1. The molecule has 3 rings (SSSR count). The summed E-state index contributed by atoms with van der Waals surface area (Å²) in [5, 5.41) is 5.83. The van der Waals surface area contributed by atoms with E-state index in [0.29, 0.717) is 16.3 Å². The van der Waals surface area contributed by atoms with Crippen LogP contribution in [0.4, 0.5) is 0 Å². The van der Waals surface area contributed by atoms with E-state index in [1.54, 1.807) is 12.1 Å². The first kappa shape index (κ1) is 25.1. The number of halogens is 1. The Kier molecular flexibility index (Phi) is 9.11. The van der Waals surface area contributed by atoms with Crippen molar-refractivity contribution in [1.82, 2.24) is 0 Å². The monoisotopic (exact) mass is 569 g/mol. The minimum absolute atomic E-state index is 0.0421. The third-order valence-electron chi connectivity index (χ3n) is 4.30. The number of hydrogen-bond donors (Lipinski definition) is 1. The van der Waals surface area contributed by atoms with Crippen LogP contribution in [-0.2, 0) is 10.0 Å². The summed E-state index contributed by atoms with van der Waals surface area (Å²) in [4.78, 5) is 18.9. The van der Waals surface area contributed by atoms with Gasteiger partial charge in [0.15, 0.2) is 5.78 Å². The number of rotatable bonds is 5. The number of sulfonamides is 1. The van der Waals surface area contributed by atoms with Gasteiger partial charge in [-0.25, -0.2) is 13.6 Å². The van der Waals surface area contributed by atoms with E-state index in [0.717, 1.165) is 27.1 Å². The van der Waals surface area contributed by atoms with Crippen molar-refractivity contribution < 1.29 is 13.2 Å². The molecule has 0 atom stereocenters. The van der Waals surface area contributed by atoms with Crippen LogP contribution in [0.15, 0.2) is 53.4 Å². The Morgan fingerprint density at radius 1 is 1.03 bits per heavy atom. The molecule has 0 amide bonds. The fraction of sp³-hybridized carbons (Fsp3) is 0.227. The predicted molar refractivity (Wildman–Crippen MR) is 128 cm³/mol. The van der Waals surface area contributed by atoms with Gasteiger partial charge in [0.2, 0.25) is 10.0 Å². The van der Waals surface area contributed by atoms with E-state index in [2.05, 4.69) is 9.88 Å². The molecule has 0 spiro atoms. The van der Waals surface area contributed by atoms with Gasteiger partial charge in [-0.2, -0.15) is 0 Å². The fourth-order valence-corrected chi connectivity index (χ4v) is 4.89. The van der Waals surface area contributed by atoms with Crippen molar-refractivity contribution in [2.75, 3.05) is 0 Å². The Balaban J connectivity index is 0.00000101. The number of benzene rings is 2. The fourth-order valence-electron chi connectivity index (χ4n) is 2.91. The Bertz CT molecular complexity index is 1120. The van der Waals surface area contributed by atoms with Gasteiger partial charge in [-0.15, -0.1) is 11.3 Å². The van der Waals surface area contributed by atoms with Crippen LogP contribution in [0.3, 0.4) is 0 Å². The molecule has 2 aromatic carbocycles. The molecule has 0 saturated heterocycles. The summed E-state index contributed by atoms with van der Waals surface area (Å²) in [6, 6.07) is 13.8. The van der Waals surface area contributed by atoms with Crippen molar-refractivity contribution in [1.29, 1.82) is 0 Å². The molecule has 0 aliphatic carbocycles. The zero-order valence-corrected chi connectivity index (χ0v) is 22.6. The second-order valence-corrected chi connectivity index (χ2v) is 12.5. The van der Waals surface area contributed by atoms with Gasteiger partial charge in [-0.3, -0.25) is 4.79 Å². The number of primary sulfonamides is 1. The third-order valence-corrected chi connectivity index (χ3v) is 6.86. The average Bonchev–Trinajstić information content (AvgIpc) is 3.05. The van der Waals surface area contributed by atoms with E-state index in [1.165, 1.54) is 23.5 Å². The van der Waals surface area contributed by atoms with Crippen molar-refractivity contribution in [2.45, 2.75) is 35.0 Å². The molecular weight excluding hydrogens is 545 g/mol. The second-order valence-electron chi connectivity index (χ2n) is 6.61. The van der Waals surface area contributed by atoms with Crippen molar-refractivity contribution in [3.8, 4) is 21.6 Å². The molecule has 0 fully saturated rings. The first-order valence-corrected chi connectivity index (χ1v) is 17.7. The maximum atomic E-state index is 12.6.